The summed E-state index contributed by atoms with van der Waals surface area (Å²) in [6.45, 7) is 5.95. The highest BCUT2D eigenvalue weighted by molar-refractivity contribution is 7.91. The first-order chi connectivity index (χ1) is 8.80. The smallest absolute Gasteiger partial charge is 0.178 e. The molecule has 0 radical (unpaired) electrons. The summed E-state index contributed by atoms with van der Waals surface area (Å²) in [6.07, 6.45) is 1.24. The zero-order chi connectivity index (χ0) is 14.5. The van der Waals surface area contributed by atoms with Crippen LogP contribution >= 0.6 is 0 Å². The van der Waals surface area contributed by atoms with Crippen molar-refractivity contribution < 1.29 is 13.5 Å². The molecule has 0 fully saturated rings. The van der Waals surface area contributed by atoms with E-state index in [9.17, 15) is 8.42 Å². The lowest BCUT2D eigenvalue weighted by Gasteiger charge is -2.26. The van der Waals surface area contributed by atoms with Crippen molar-refractivity contribution in [3.05, 3.63) is 24.3 Å². The summed E-state index contributed by atoms with van der Waals surface area (Å²) >= 11 is 0. The first kappa shape index (κ1) is 16.0. The van der Waals surface area contributed by atoms with E-state index < -0.39 is 9.84 Å². The molecule has 0 aliphatic heterocycles. The minimum Gasteiger partial charge on any atom is -0.396 e. The van der Waals surface area contributed by atoms with Gasteiger partial charge < -0.3 is 10.4 Å². The van der Waals surface area contributed by atoms with E-state index in [1.54, 1.807) is 24.3 Å². The summed E-state index contributed by atoms with van der Waals surface area (Å²) in [4.78, 5) is 0.361. The summed E-state index contributed by atoms with van der Waals surface area (Å²) in [5.74, 6) is 0.176. The number of nitrogens with one attached hydrogen (secondary N) is 1. The van der Waals surface area contributed by atoms with Gasteiger partial charge in [-0.25, -0.2) is 8.42 Å². The molecule has 4 nitrogen and oxygen atoms in total. The molecule has 1 rings (SSSR count). The van der Waals surface area contributed by atoms with Crippen molar-refractivity contribution in [1.29, 1.82) is 0 Å². The van der Waals surface area contributed by atoms with Crippen molar-refractivity contribution in [3.8, 4) is 0 Å². The molecule has 0 aromatic heterocycles. The monoisotopic (exact) mass is 285 g/mol. The molecule has 0 bridgehead atoms. The van der Waals surface area contributed by atoms with E-state index in [-0.39, 0.29) is 17.9 Å². The predicted octanol–water partition coefficient (Wildman–Crippen LogP) is 2.44. The van der Waals surface area contributed by atoms with Gasteiger partial charge in [-0.3, -0.25) is 0 Å². The van der Waals surface area contributed by atoms with Crippen molar-refractivity contribution in [1.82, 2.24) is 0 Å². The lowest BCUT2D eigenvalue weighted by Crippen LogP contribution is -2.31. The Hall–Kier alpha value is -1.07. The summed E-state index contributed by atoms with van der Waals surface area (Å²) in [5.41, 5.74) is 0.632. The van der Waals surface area contributed by atoms with E-state index in [1.807, 2.05) is 20.8 Å². The molecule has 19 heavy (non-hydrogen) atoms. The lowest BCUT2D eigenvalue weighted by atomic mass is 10.0. The van der Waals surface area contributed by atoms with Gasteiger partial charge in [0.15, 0.2) is 9.84 Å². The molecule has 1 aromatic carbocycles. The second-order valence-corrected chi connectivity index (χ2v) is 7.43. The molecule has 0 saturated carbocycles. The molecule has 108 valence electrons. The predicted molar refractivity (Wildman–Crippen MR) is 78.2 cm³/mol. The average Bonchev–Trinajstić information content (AvgIpc) is 2.28. The van der Waals surface area contributed by atoms with Gasteiger partial charge >= 0.3 is 0 Å². The van der Waals surface area contributed by atoms with Crippen LogP contribution in [0, 0.1) is 0 Å². The molecule has 0 saturated heterocycles. The van der Waals surface area contributed by atoms with Crippen LogP contribution in [0.5, 0.6) is 0 Å². The van der Waals surface area contributed by atoms with Gasteiger partial charge in [-0.05, 0) is 51.0 Å². The Morgan fingerprint density at radius 1 is 1.21 bits per heavy atom. The zero-order valence-electron chi connectivity index (χ0n) is 11.8. The quantitative estimate of drug-likeness (QED) is 0.807. The van der Waals surface area contributed by atoms with Gasteiger partial charge in [0.1, 0.15) is 0 Å². The maximum Gasteiger partial charge on any atom is 0.178 e. The number of aliphatic hydroxyl groups is 1. The Labute approximate surface area is 115 Å². The number of anilines is 1. The Morgan fingerprint density at radius 2 is 1.79 bits per heavy atom. The molecule has 0 aliphatic carbocycles. The van der Waals surface area contributed by atoms with Gasteiger partial charge in [0.05, 0.1) is 10.6 Å². The average molecular weight is 285 g/mol. The number of sulfone groups is 1. The van der Waals surface area contributed by atoms with Crippen LogP contribution in [0.15, 0.2) is 29.2 Å². The first-order valence-corrected chi connectivity index (χ1v) is 8.18. The third kappa shape index (κ3) is 4.84. The van der Waals surface area contributed by atoms with Gasteiger partial charge in [-0.1, -0.05) is 6.92 Å². The molecule has 0 heterocycles. The Morgan fingerprint density at radius 3 is 2.26 bits per heavy atom. The first-order valence-electron chi connectivity index (χ1n) is 6.52. The van der Waals surface area contributed by atoms with Crippen LogP contribution in [0.25, 0.3) is 0 Å². The highest BCUT2D eigenvalue weighted by atomic mass is 32.2. The van der Waals surface area contributed by atoms with Crippen molar-refractivity contribution in [3.63, 3.8) is 0 Å². The van der Waals surface area contributed by atoms with E-state index in [2.05, 4.69) is 5.32 Å². The maximum atomic E-state index is 11.9. The van der Waals surface area contributed by atoms with Crippen LogP contribution < -0.4 is 5.32 Å². The molecule has 2 N–H and O–H groups in total. The number of rotatable bonds is 7. The topological polar surface area (TPSA) is 66.4 Å². The third-order valence-corrected chi connectivity index (χ3v) is 4.84. The largest absolute Gasteiger partial charge is 0.396 e. The fraction of sp³-hybridized carbons (Fsp3) is 0.571. The van der Waals surface area contributed by atoms with Crippen molar-refractivity contribution in [2.24, 2.45) is 0 Å². The third-order valence-electron chi connectivity index (χ3n) is 2.91. The van der Waals surface area contributed by atoms with Gasteiger partial charge in [-0.15, -0.1) is 0 Å². The van der Waals surface area contributed by atoms with Gasteiger partial charge in [-0.2, -0.15) is 0 Å². The fourth-order valence-electron chi connectivity index (χ4n) is 1.86. The number of hydrogen-bond donors (Lipinski definition) is 2. The van der Waals surface area contributed by atoms with Gasteiger partial charge in [0.25, 0.3) is 0 Å². The van der Waals surface area contributed by atoms with Crippen molar-refractivity contribution in [2.45, 2.75) is 44.0 Å². The van der Waals surface area contributed by atoms with Crippen LogP contribution in [0.4, 0.5) is 5.69 Å². The summed E-state index contributed by atoms with van der Waals surface area (Å²) in [6, 6.07) is 6.79. The van der Waals surface area contributed by atoms with Crippen LogP contribution in [0.2, 0.25) is 0 Å². The van der Waals surface area contributed by atoms with Gasteiger partial charge in [0.2, 0.25) is 0 Å². The normalized spacial score (nSPS) is 12.4. The van der Waals surface area contributed by atoms with Crippen molar-refractivity contribution in [2.75, 3.05) is 17.7 Å². The molecule has 0 aliphatic rings. The molecule has 0 spiro atoms. The SMILES string of the molecule is CCCS(=O)(=O)c1ccc(NC(C)(C)CCO)cc1. The number of aliphatic hydroxyl groups excluding tert-OH is 1. The Balaban J connectivity index is 2.83. The fourth-order valence-corrected chi connectivity index (χ4v) is 3.19. The van der Waals surface area contributed by atoms with Crippen LogP contribution in [-0.2, 0) is 9.84 Å². The van der Waals surface area contributed by atoms with E-state index in [0.29, 0.717) is 17.7 Å². The molecule has 0 amide bonds. The van der Waals surface area contributed by atoms with Crippen LogP contribution in [-0.4, -0.2) is 31.4 Å². The second-order valence-electron chi connectivity index (χ2n) is 5.33. The Kier molecular flexibility index (Phi) is 5.38. The number of hydrogen-bond acceptors (Lipinski definition) is 4. The summed E-state index contributed by atoms with van der Waals surface area (Å²) in [7, 11) is -3.15. The molecule has 0 atom stereocenters. The lowest BCUT2D eigenvalue weighted by molar-refractivity contribution is 0.261. The highest BCUT2D eigenvalue weighted by Crippen LogP contribution is 2.20. The van der Waals surface area contributed by atoms with Crippen molar-refractivity contribution >= 4 is 15.5 Å². The van der Waals surface area contributed by atoms with E-state index in [4.69, 9.17) is 5.11 Å². The highest BCUT2D eigenvalue weighted by Gasteiger charge is 2.17. The zero-order valence-corrected chi connectivity index (χ0v) is 12.6. The van der Waals surface area contributed by atoms with E-state index in [1.165, 1.54) is 0 Å². The minimum atomic E-state index is -3.15. The maximum absolute atomic E-state index is 11.9. The standard InChI is InChI=1S/C14H23NO3S/c1-4-11-19(17,18)13-7-5-12(6-8-13)15-14(2,3)9-10-16/h5-8,15-16H,4,9-11H2,1-3H3. The van der Waals surface area contributed by atoms with Gasteiger partial charge in [0, 0.05) is 17.8 Å². The van der Waals surface area contributed by atoms with Crippen LogP contribution in [0.1, 0.15) is 33.6 Å². The minimum absolute atomic E-state index is 0.114. The molecule has 5 heteroatoms. The second kappa shape index (κ2) is 6.39. The van der Waals surface area contributed by atoms with E-state index >= 15 is 0 Å². The molecular formula is C14H23NO3S. The molecular weight excluding hydrogens is 262 g/mol. The van der Waals surface area contributed by atoms with E-state index in [0.717, 1.165) is 5.69 Å². The number of benzene rings is 1. The Bertz CT molecular complexity index is 492. The van der Waals surface area contributed by atoms with Crippen LogP contribution in [0.3, 0.4) is 0 Å². The molecule has 1 aromatic rings. The molecule has 0 unspecified atom stereocenters. The summed E-state index contributed by atoms with van der Waals surface area (Å²) < 4.78 is 23.8. The summed E-state index contributed by atoms with van der Waals surface area (Å²) in [5, 5.41) is 12.2.